The predicted molar refractivity (Wildman–Crippen MR) is 108 cm³/mol. The maximum absolute atomic E-state index is 12.2. The Kier molecular flexibility index (Phi) is 7.55. The maximum Gasteiger partial charge on any atom is 0.410 e. The van der Waals surface area contributed by atoms with Crippen LogP contribution in [0.3, 0.4) is 0 Å². The van der Waals surface area contributed by atoms with E-state index in [1.54, 1.807) is 4.90 Å². The van der Waals surface area contributed by atoms with Gasteiger partial charge in [0, 0.05) is 23.2 Å². The smallest absolute Gasteiger partial charge is 0.410 e. The van der Waals surface area contributed by atoms with Gasteiger partial charge in [-0.2, -0.15) is 0 Å². The normalized spacial score (nSPS) is 17.5. The van der Waals surface area contributed by atoms with Crippen molar-refractivity contribution < 1.29 is 19.1 Å². The Hall–Kier alpha value is -1.51. The second-order valence-corrected chi connectivity index (χ2v) is 8.73. The lowest BCUT2D eigenvalue weighted by Gasteiger charge is -2.34. The maximum atomic E-state index is 12.2. The second-order valence-electron chi connectivity index (χ2n) is 7.48. The van der Waals surface area contributed by atoms with Crippen molar-refractivity contribution in [1.82, 2.24) is 10.2 Å². The lowest BCUT2D eigenvalue weighted by atomic mass is 9.98. The molecule has 1 aliphatic heterocycles. The Morgan fingerprint density at radius 1 is 1.27 bits per heavy atom. The van der Waals surface area contributed by atoms with Gasteiger partial charge >= 0.3 is 6.09 Å². The molecule has 2 amide bonds. The number of carbonyl (C=O) groups excluding carboxylic acids is 2. The summed E-state index contributed by atoms with van der Waals surface area (Å²) in [6, 6.07) is 7.55. The Labute approximate surface area is 168 Å². The average Bonchev–Trinajstić information content (AvgIpc) is 2.58. The Morgan fingerprint density at radius 3 is 2.62 bits per heavy atom. The van der Waals surface area contributed by atoms with E-state index in [0.29, 0.717) is 25.4 Å². The molecule has 1 aliphatic rings. The van der Waals surface area contributed by atoms with Gasteiger partial charge in [-0.3, -0.25) is 4.79 Å². The van der Waals surface area contributed by atoms with E-state index in [0.717, 1.165) is 16.4 Å². The Balaban J connectivity index is 1.71. The van der Waals surface area contributed by atoms with Crippen LogP contribution in [0, 0.1) is 9.49 Å². The quantitative estimate of drug-likeness (QED) is 0.665. The summed E-state index contributed by atoms with van der Waals surface area (Å²) >= 11 is 2.22. The molecule has 0 spiro atoms. The van der Waals surface area contributed by atoms with E-state index in [9.17, 15) is 9.59 Å². The molecule has 1 unspecified atom stereocenters. The van der Waals surface area contributed by atoms with Crippen molar-refractivity contribution in [3.63, 3.8) is 0 Å². The first-order chi connectivity index (χ1) is 12.2. The third-order valence-electron chi connectivity index (χ3n) is 3.94. The summed E-state index contributed by atoms with van der Waals surface area (Å²) in [5.74, 6) is 0.755. The van der Waals surface area contributed by atoms with Crippen LogP contribution in [-0.2, 0) is 9.53 Å². The molecule has 0 aliphatic carbocycles. The molecule has 1 aromatic rings. The molecule has 1 N–H and O–H groups in total. The highest BCUT2D eigenvalue weighted by Crippen LogP contribution is 2.19. The van der Waals surface area contributed by atoms with Crippen LogP contribution in [0.4, 0.5) is 4.79 Å². The second kappa shape index (κ2) is 9.43. The van der Waals surface area contributed by atoms with E-state index in [4.69, 9.17) is 9.47 Å². The Bertz CT molecular complexity index is 613. The number of halogens is 1. The molecule has 0 bridgehead atoms. The summed E-state index contributed by atoms with van der Waals surface area (Å²) in [5, 5.41) is 2.90. The summed E-state index contributed by atoms with van der Waals surface area (Å²) in [6.07, 6.45) is 1.62. The summed E-state index contributed by atoms with van der Waals surface area (Å²) in [5.41, 5.74) is -0.495. The molecule has 1 atom stereocenters. The number of hydrogen-bond acceptors (Lipinski definition) is 4. The van der Waals surface area contributed by atoms with Crippen molar-refractivity contribution >= 4 is 34.6 Å². The van der Waals surface area contributed by atoms with Crippen LogP contribution < -0.4 is 10.1 Å². The molecule has 6 nitrogen and oxygen atoms in total. The first-order valence-electron chi connectivity index (χ1n) is 8.86. The van der Waals surface area contributed by atoms with Crippen LogP contribution in [0.25, 0.3) is 0 Å². The van der Waals surface area contributed by atoms with Crippen LogP contribution in [0.1, 0.15) is 33.6 Å². The molecule has 0 radical (unpaired) electrons. The van der Waals surface area contributed by atoms with Gasteiger partial charge in [0.2, 0.25) is 0 Å². The molecular formula is C19H27IN2O4. The van der Waals surface area contributed by atoms with Gasteiger partial charge < -0.3 is 19.7 Å². The van der Waals surface area contributed by atoms with Gasteiger partial charge in [0.05, 0.1) is 0 Å². The average molecular weight is 474 g/mol. The SMILES string of the molecule is CC(C)(C)OC(=O)N1CCCC(CNC(=O)COc2ccc(I)cc2)C1. The van der Waals surface area contributed by atoms with Crippen LogP contribution in [0.2, 0.25) is 0 Å². The van der Waals surface area contributed by atoms with Crippen LogP contribution in [0.5, 0.6) is 5.75 Å². The molecule has 7 heteroatoms. The number of hydrogen-bond donors (Lipinski definition) is 1. The lowest BCUT2D eigenvalue weighted by molar-refractivity contribution is -0.123. The number of amides is 2. The third-order valence-corrected chi connectivity index (χ3v) is 4.66. The van der Waals surface area contributed by atoms with E-state index < -0.39 is 5.60 Å². The number of piperidine rings is 1. The first kappa shape index (κ1) is 20.8. The predicted octanol–water partition coefficient (Wildman–Crippen LogP) is 3.43. The topological polar surface area (TPSA) is 67.9 Å². The standard InChI is InChI=1S/C19H27IN2O4/c1-19(2,3)26-18(24)22-10-4-5-14(12-22)11-21-17(23)13-25-16-8-6-15(20)7-9-16/h6-9,14H,4-5,10-13H2,1-3H3,(H,21,23). The number of ether oxygens (including phenoxy) is 2. The number of nitrogens with zero attached hydrogens (tertiary/aromatic N) is 1. The summed E-state index contributed by atoms with van der Waals surface area (Å²) in [7, 11) is 0. The first-order valence-corrected chi connectivity index (χ1v) is 9.94. The number of rotatable bonds is 5. The highest BCUT2D eigenvalue weighted by atomic mass is 127. The summed E-state index contributed by atoms with van der Waals surface area (Å²) in [4.78, 5) is 25.9. The Morgan fingerprint density at radius 2 is 1.96 bits per heavy atom. The minimum atomic E-state index is -0.495. The van der Waals surface area contributed by atoms with Crippen molar-refractivity contribution in [2.24, 2.45) is 5.92 Å². The van der Waals surface area contributed by atoms with E-state index in [2.05, 4.69) is 27.9 Å². The molecule has 0 aromatic heterocycles. The number of carbonyl (C=O) groups is 2. The van der Waals surface area contributed by atoms with Gasteiger partial charge in [-0.05, 0) is 86.4 Å². The molecule has 1 saturated heterocycles. The zero-order valence-electron chi connectivity index (χ0n) is 15.6. The molecule has 144 valence electrons. The van der Waals surface area contributed by atoms with Crippen molar-refractivity contribution in [2.75, 3.05) is 26.2 Å². The third kappa shape index (κ3) is 7.39. The van der Waals surface area contributed by atoms with Crippen molar-refractivity contribution in [3.05, 3.63) is 27.8 Å². The van der Waals surface area contributed by atoms with E-state index in [-0.39, 0.29) is 24.5 Å². The van der Waals surface area contributed by atoms with Crippen LogP contribution in [-0.4, -0.2) is 48.7 Å². The number of nitrogens with one attached hydrogen (secondary N) is 1. The molecular weight excluding hydrogens is 447 g/mol. The fraction of sp³-hybridized carbons (Fsp3) is 0.579. The number of benzene rings is 1. The number of likely N-dealkylation sites (tertiary alicyclic amines) is 1. The van der Waals surface area contributed by atoms with Crippen LogP contribution in [0.15, 0.2) is 24.3 Å². The minimum absolute atomic E-state index is 0.0108. The molecule has 1 fully saturated rings. The van der Waals surface area contributed by atoms with Gasteiger partial charge in [-0.25, -0.2) is 4.79 Å². The minimum Gasteiger partial charge on any atom is -0.484 e. The molecule has 26 heavy (non-hydrogen) atoms. The summed E-state index contributed by atoms with van der Waals surface area (Å²) < 4.78 is 12.0. The van der Waals surface area contributed by atoms with Crippen molar-refractivity contribution in [3.8, 4) is 5.75 Å². The fourth-order valence-corrected chi connectivity index (χ4v) is 3.07. The van der Waals surface area contributed by atoms with Gasteiger partial charge in [0.15, 0.2) is 6.61 Å². The van der Waals surface area contributed by atoms with E-state index in [1.807, 2.05) is 45.0 Å². The van der Waals surface area contributed by atoms with Gasteiger partial charge in [0.25, 0.3) is 5.91 Å². The lowest BCUT2D eigenvalue weighted by Crippen LogP contribution is -2.46. The van der Waals surface area contributed by atoms with E-state index >= 15 is 0 Å². The highest BCUT2D eigenvalue weighted by molar-refractivity contribution is 14.1. The zero-order valence-corrected chi connectivity index (χ0v) is 17.7. The fourth-order valence-electron chi connectivity index (χ4n) is 2.71. The van der Waals surface area contributed by atoms with Gasteiger partial charge in [-0.1, -0.05) is 0 Å². The van der Waals surface area contributed by atoms with Crippen LogP contribution >= 0.6 is 22.6 Å². The van der Waals surface area contributed by atoms with E-state index in [1.165, 1.54) is 0 Å². The molecule has 1 aromatic carbocycles. The molecule has 2 rings (SSSR count). The van der Waals surface area contributed by atoms with Crippen molar-refractivity contribution in [1.29, 1.82) is 0 Å². The van der Waals surface area contributed by atoms with Gasteiger partial charge in [0.1, 0.15) is 11.4 Å². The molecule has 0 saturated carbocycles. The summed E-state index contributed by atoms with van der Waals surface area (Å²) in [6.45, 7) is 7.42. The zero-order chi connectivity index (χ0) is 19.2. The molecule has 1 heterocycles. The highest BCUT2D eigenvalue weighted by Gasteiger charge is 2.27. The monoisotopic (exact) mass is 474 g/mol. The van der Waals surface area contributed by atoms with Gasteiger partial charge in [-0.15, -0.1) is 0 Å². The largest absolute Gasteiger partial charge is 0.484 e. The van der Waals surface area contributed by atoms with Crippen molar-refractivity contribution in [2.45, 2.75) is 39.2 Å².